The maximum atomic E-state index is 12.8. The van der Waals surface area contributed by atoms with Gasteiger partial charge in [0.05, 0.1) is 20.0 Å². The van der Waals surface area contributed by atoms with E-state index in [1.807, 2.05) is 30.3 Å². The minimum absolute atomic E-state index is 0.0854. The van der Waals surface area contributed by atoms with E-state index in [1.54, 1.807) is 49.2 Å². The number of benzene rings is 2. The van der Waals surface area contributed by atoms with Crippen LogP contribution in [-0.2, 0) is 4.79 Å². The smallest absolute Gasteiger partial charge is 0.300 e. The Balaban J connectivity index is 1.49. The average molecular weight is 437 g/mol. The van der Waals surface area contributed by atoms with Gasteiger partial charge in [-0.15, -0.1) is 10.2 Å². The Morgan fingerprint density at radius 2 is 1.74 bits per heavy atom. The molecular weight excluding hydrogens is 418 g/mol. The number of nitrogens with zero attached hydrogens (tertiary/aromatic N) is 4. The van der Waals surface area contributed by atoms with Crippen LogP contribution >= 0.6 is 11.8 Å². The molecule has 1 amide bonds. The maximum Gasteiger partial charge on any atom is 0.300 e. The molecule has 0 saturated heterocycles. The molecular formula is C21H19N5O4S. The van der Waals surface area contributed by atoms with Crippen LogP contribution in [0.1, 0.15) is 0 Å². The number of fused-ring (bicyclic) bond motifs is 1. The molecule has 0 aliphatic carbocycles. The van der Waals surface area contributed by atoms with Gasteiger partial charge in [0.2, 0.25) is 11.6 Å². The van der Waals surface area contributed by atoms with Crippen molar-refractivity contribution in [2.45, 2.75) is 5.16 Å². The molecule has 2 aromatic heterocycles. The molecule has 2 aromatic carbocycles. The number of thioether (sulfide) groups is 1. The summed E-state index contributed by atoms with van der Waals surface area (Å²) in [6.45, 7) is 0. The lowest BCUT2D eigenvalue weighted by Gasteiger charge is -2.09. The van der Waals surface area contributed by atoms with E-state index in [1.165, 1.54) is 16.3 Å². The standard InChI is InChI=1S/C21H19N5O4S/c1-29-16-10-14(11-17(12-16)30-2)22-18(27)13-31-21-24-23-19-20(28)25(8-9-26(19)21)15-6-4-3-5-7-15/h3-12H,13H2,1-2H3,(H,22,27). The largest absolute Gasteiger partial charge is 0.497 e. The molecule has 9 nitrogen and oxygen atoms in total. The summed E-state index contributed by atoms with van der Waals surface area (Å²) in [6, 6.07) is 14.4. The van der Waals surface area contributed by atoms with Crippen molar-refractivity contribution in [1.29, 1.82) is 0 Å². The Labute approximate surface area is 181 Å². The van der Waals surface area contributed by atoms with Crippen molar-refractivity contribution in [2.24, 2.45) is 0 Å². The average Bonchev–Trinajstić information content (AvgIpc) is 3.22. The maximum absolute atomic E-state index is 12.8. The van der Waals surface area contributed by atoms with Gasteiger partial charge in [-0.05, 0) is 12.1 Å². The number of nitrogens with one attached hydrogen (secondary N) is 1. The first-order valence-electron chi connectivity index (χ1n) is 9.26. The summed E-state index contributed by atoms with van der Waals surface area (Å²) >= 11 is 1.18. The number of hydrogen-bond acceptors (Lipinski definition) is 7. The first kappa shape index (κ1) is 20.5. The highest BCUT2D eigenvalue weighted by molar-refractivity contribution is 7.99. The molecule has 0 radical (unpaired) electrons. The van der Waals surface area contributed by atoms with Gasteiger partial charge in [0.25, 0.3) is 0 Å². The minimum Gasteiger partial charge on any atom is -0.497 e. The van der Waals surface area contributed by atoms with E-state index in [4.69, 9.17) is 9.47 Å². The molecule has 4 rings (SSSR count). The van der Waals surface area contributed by atoms with Crippen LogP contribution in [0.4, 0.5) is 5.69 Å². The van der Waals surface area contributed by atoms with Gasteiger partial charge in [-0.2, -0.15) is 0 Å². The monoisotopic (exact) mass is 437 g/mol. The summed E-state index contributed by atoms with van der Waals surface area (Å²) in [5.74, 6) is 0.984. The molecule has 0 aliphatic rings. The number of carbonyl (C=O) groups excluding carboxylic acids is 1. The fourth-order valence-electron chi connectivity index (χ4n) is 2.96. The number of rotatable bonds is 7. The SMILES string of the molecule is COc1cc(NC(=O)CSc2nnc3c(=O)n(-c4ccccc4)ccn23)cc(OC)c1. The summed E-state index contributed by atoms with van der Waals surface area (Å²) < 4.78 is 13.5. The van der Waals surface area contributed by atoms with Crippen molar-refractivity contribution in [3.05, 3.63) is 71.3 Å². The molecule has 0 atom stereocenters. The minimum atomic E-state index is -0.291. The zero-order valence-corrected chi connectivity index (χ0v) is 17.6. The quantitative estimate of drug-likeness (QED) is 0.444. The van der Waals surface area contributed by atoms with Gasteiger partial charge in [-0.3, -0.25) is 18.6 Å². The molecule has 0 spiro atoms. The molecule has 2 heterocycles. The van der Waals surface area contributed by atoms with Crippen LogP contribution < -0.4 is 20.3 Å². The van der Waals surface area contributed by atoms with Crippen LogP contribution in [0, 0.1) is 0 Å². The fourth-order valence-corrected chi connectivity index (χ4v) is 3.68. The van der Waals surface area contributed by atoms with Crippen molar-refractivity contribution in [3.8, 4) is 17.2 Å². The van der Waals surface area contributed by atoms with Crippen LogP contribution in [0.15, 0.2) is 70.9 Å². The van der Waals surface area contributed by atoms with E-state index in [0.717, 1.165) is 5.69 Å². The Kier molecular flexibility index (Phi) is 5.89. The first-order chi connectivity index (χ1) is 15.1. The lowest BCUT2D eigenvalue weighted by Crippen LogP contribution is -2.20. The molecule has 10 heteroatoms. The predicted octanol–water partition coefficient (Wildman–Crippen LogP) is 2.63. The van der Waals surface area contributed by atoms with Gasteiger partial charge in [-0.25, -0.2) is 0 Å². The zero-order chi connectivity index (χ0) is 21.8. The molecule has 158 valence electrons. The number of aromatic nitrogens is 4. The highest BCUT2D eigenvalue weighted by atomic mass is 32.2. The molecule has 0 fully saturated rings. The molecule has 31 heavy (non-hydrogen) atoms. The number of amides is 1. The van der Waals surface area contributed by atoms with Gasteiger partial charge in [0.15, 0.2) is 5.16 Å². The molecule has 4 aromatic rings. The van der Waals surface area contributed by atoms with E-state index >= 15 is 0 Å². The third-order valence-corrected chi connectivity index (χ3v) is 5.38. The lowest BCUT2D eigenvalue weighted by atomic mass is 10.2. The summed E-state index contributed by atoms with van der Waals surface area (Å²) in [7, 11) is 3.08. The third kappa shape index (κ3) is 4.38. The van der Waals surface area contributed by atoms with Crippen LogP contribution in [0.5, 0.6) is 11.5 Å². The molecule has 0 unspecified atom stereocenters. The van der Waals surface area contributed by atoms with Crippen molar-refractivity contribution >= 4 is 29.0 Å². The number of ether oxygens (including phenoxy) is 2. The molecule has 1 N–H and O–H groups in total. The zero-order valence-electron chi connectivity index (χ0n) is 16.8. The number of hydrogen-bond donors (Lipinski definition) is 1. The number of para-hydroxylation sites is 1. The first-order valence-corrected chi connectivity index (χ1v) is 10.2. The van der Waals surface area contributed by atoms with E-state index in [9.17, 15) is 9.59 Å². The second-order valence-corrected chi connectivity index (χ2v) is 7.37. The van der Waals surface area contributed by atoms with Gasteiger partial charge >= 0.3 is 5.56 Å². The summed E-state index contributed by atoms with van der Waals surface area (Å²) in [4.78, 5) is 25.2. The second kappa shape index (κ2) is 8.92. The van der Waals surface area contributed by atoms with Crippen molar-refractivity contribution in [2.75, 3.05) is 25.3 Å². The number of methoxy groups -OCH3 is 2. The summed E-state index contributed by atoms with van der Waals surface area (Å²) in [5.41, 5.74) is 1.19. The van der Waals surface area contributed by atoms with Gasteiger partial charge < -0.3 is 14.8 Å². The summed E-state index contributed by atoms with van der Waals surface area (Å²) in [6.07, 6.45) is 3.36. The van der Waals surface area contributed by atoms with E-state index in [-0.39, 0.29) is 22.9 Å². The Bertz CT molecular complexity index is 1260. The van der Waals surface area contributed by atoms with E-state index in [2.05, 4.69) is 15.5 Å². The van der Waals surface area contributed by atoms with E-state index in [0.29, 0.717) is 22.3 Å². The molecule has 0 bridgehead atoms. The molecule has 0 aliphatic heterocycles. The van der Waals surface area contributed by atoms with E-state index < -0.39 is 0 Å². The highest BCUT2D eigenvalue weighted by Gasteiger charge is 2.14. The van der Waals surface area contributed by atoms with Crippen molar-refractivity contribution in [3.63, 3.8) is 0 Å². The Hall–Kier alpha value is -3.79. The lowest BCUT2D eigenvalue weighted by molar-refractivity contribution is -0.113. The predicted molar refractivity (Wildman–Crippen MR) is 117 cm³/mol. The normalized spacial score (nSPS) is 10.8. The number of anilines is 1. The number of carbonyl (C=O) groups is 1. The van der Waals surface area contributed by atoms with Gasteiger partial charge in [-0.1, -0.05) is 30.0 Å². The van der Waals surface area contributed by atoms with Crippen molar-refractivity contribution < 1.29 is 14.3 Å². The summed E-state index contributed by atoms with van der Waals surface area (Å²) in [5, 5.41) is 11.3. The topological polar surface area (TPSA) is 99.8 Å². The highest BCUT2D eigenvalue weighted by Crippen LogP contribution is 2.26. The molecule has 0 saturated carbocycles. The van der Waals surface area contributed by atoms with Crippen LogP contribution in [0.25, 0.3) is 11.3 Å². The van der Waals surface area contributed by atoms with Crippen molar-refractivity contribution in [1.82, 2.24) is 19.2 Å². The van der Waals surface area contributed by atoms with Crippen LogP contribution in [-0.4, -0.2) is 45.0 Å². The third-order valence-electron chi connectivity index (χ3n) is 4.44. The van der Waals surface area contributed by atoms with Crippen LogP contribution in [0.2, 0.25) is 0 Å². The van der Waals surface area contributed by atoms with Crippen LogP contribution in [0.3, 0.4) is 0 Å². The fraction of sp³-hybridized carbons (Fsp3) is 0.143. The Morgan fingerprint density at radius 3 is 2.42 bits per heavy atom. The second-order valence-electron chi connectivity index (χ2n) is 6.42. The Morgan fingerprint density at radius 1 is 1.03 bits per heavy atom. The van der Waals surface area contributed by atoms with Gasteiger partial charge in [0, 0.05) is 42.0 Å². The van der Waals surface area contributed by atoms with Gasteiger partial charge in [0.1, 0.15) is 11.5 Å².